The molecule has 0 radical (unpaired) electrons. The van der Waals surface area contributed by atoms with Gasteiger partial charge in [-0.2, -0.15) is 0 Å². The molecule has 0 unspecified atom stereocenters. The van der Waals surface area contributed by atoms with Gasteiger partial charge in [-0.3, -0.25) is 4.79 Å². The molecule has 0 saturated heterocycles. The highest BCUT2D eigenvalue weighted by molar-refractivity contribution is 5.96. The molecule has 0 bridgehead atoms. The maximum Gasteiger partial charge on any atom is 0.342 e. The summed E-state index contributed by atoms with van der Waals surface area (Å²) in [5, 5.41) is 0.661. The first-order chi connectivity index (χ1) is 12.6. The van der Waals surface area contributed by atoms with Crippen molar-refractivity contribution in [2.75, 3.05) is 13.2 Å². The van der Waals surface area contributed by atoms with Crippen molar-refractivity contribution in [2.24, 2.45) is 0 Å². The van der Waals surface area contributed by atoms with Crippen molar-refractivity contribution in [1.29, 1.82) is 0 Å². The highest BCUT2D eigenvalue weighted by atomic mass is 16.5. The van der Waals surface area contributed by atoms with E-state index in [2.05, 4.69) is 16.7 Å². The van der Waals surface area contributed by atoms with Crippen LogP contribution >= 0.6 is 0 Å². The number of ether oxygens (including phenoxy) is 2. The number of hydrogen-bond acceptors (Lipinski definition) is 5. The molecule has 130 valence electrons. The lowest BCUT2D eigenvalue weighted by Gasteiger charge is -2.09. The molecule has 2 aromatic rings. The van der Waals surface area contributed by atoms with Gasteiger partial charge < -0.3 is 13.9 Å². The van der Waals surface area contributed by atoms with Gasteiger partial charge in [-0.1, -0.05) is 11.8 Å². The molecule has 26 heavy (non-hydrogen) atoms. The van der Waals surface area contributed by atoms with Crippen LogP contribution in [0.2, 0.25) is 0 Å². The fourth-order valence-electron chi connectivity index (χ4n) is 2.52. The number of rotatable bonds is 3. The number of nitrogens with zero attached hydrogens (tertiary/aromatic N) is 1. The minimum atomic E-state index is -0.774. The molecule has 6 heteroatoms. The van der Waals surface area contributed by atoms with Crippen LogP contribution in [0.3, 0.4) is 0 Å². The third-order valence-corrected chi connectivity index (χ3v) is 3.73. The molecule has 1 aromatic carbocycles. The van der Waals surface area contributed by atoms with Gasteiger partial charge in [0.1, 0.15) is 5.58 Å². The fourth-order valence-corrected chi connectivity index (χ4v) is 2.52. The number of carbonyl (C=O) groups excluding carboxylic acids is 1. The van der Waals surface area contributed by atoms with Crippen LogP contribution in [0.4, 0.5) is 0 Å². The van der Waals surface area contributed by atoms with Gasteiger partial charge in [-0.15, -0.1) is 0 Å². The number of esters is 1. The van der Waals surface area contributed by atoms with Gasteiger partial charge in [0.25, 0.3) is 5.70 Å². The molecule has 0 atom stereocenters. The van der Waals surface area contributed by atoms with E-state index >= 15 is 0 Å². The quantitative estimate of drug-likeness (QED) is 0.280. The zero-order valence-corrected chi connectivity index (χ0v) is 14.1. The summed E-state index contributed by atoms with van der Waals surface area (Å²) in [5.74, 6) is 5.29. The number of hydrogen-bond donors (Lipinski definition) is 0. The van der Waals surface area contributed by atoms with E-state index in [0.717, 1.165) is 11.1 Å². The Balaban J connectivity index is 2.11. The van der Waals surface area contributed by atoms with E-state index in [1.165, 1.54) is 6.08 Å². The fraction of sp³-hybridized carbons (Fsp3) is 0.250. The maximum atomic E-state index is 12.2. The van der Waals surface area contributed by atoms with Gasteiger partial charge in [0.15, 0.2) is 0 Å². The SMILES string of the molecule is [C-]#[N+]/C(=C/c1cc2cc3c(cc2oc1=O)C#CCCOC3)C(=O)OCC. The minimum absolute atomic E-state index is 0.106. The van der Waals surface area contributed by atoms with Crippen LogP contribution in [-0.4, -0.2) is 19.2 Å². The Morgan fingerprint density at radius 2 is 2.27 bits per heavy atom. The Labute approximate surface area is 149 Å². The van der Waals surface area contributed by atoms with Crippen LogP contribution in [0.1, 0.15) is 30.0 Å². The van der Waals surface area contributed by atoms with E-state index in [-0.39, 0.29) is 17.9 Å². The molecule has 1 aliphatic rings. The first-order valence-corrected chi connectivity index (χ1v) is 8.06. The number of fused-ring (bicyclic) bond motifs is 2. The van der Waals surface area contributed by atoms with Gasteiger partial charge in [0, 0.05) is 17.4 Å². The molecule has 0 fully saturated rings. The van der Waals surface area contributed by atoms with E-state index in [4.69, 9.17) is 20.5 Å². The molecule has 2 heterocycles. The predicted molar refractivity (Wildman–Crippen MR) is 94.8 cm³/mol. The van der Waals surface area contributed by atoms with Gasteiger partial charge in [0.2, 0.25) is 0 Å². The molecule has 6 nitrogen and oxygen atoms in total. The van der Waals surface area contributed by atoms with Crippen molar-refractivity contribution in [3.63, 3.8) is 0 Å². The highest BCUT2D eigenvalue weighted by Crippen LogP contribution is 2.22. The first-order valence-electron chi connectivity index (χ1n) is 8.06. The number of carbonyl (C=O) groups is 1. The topological polar surface area (TPSA) is 70.1 Å². The molecular formula is C20H15NO5. The third kappa shape index (κ3) is 3.66. The molecule has 3 rings (SSSR count). The van der Waals surface area contributed by atoms with Crippen LogP contribution in [0, 0.1) is 18.4 Å². The molecule has 1 aromatic heterocycles. The first kappa shape index (κ1) is 17.5. The highest BCUT2D eigenvalue weighted by Gasteiger charge is 2.14. The van der Waals surface area contributed by atoms with Crippen molar-refractivity contribution >= 4 is 23.0 Å². The molecule has 0 spiro atoms. The minimum Gasteiger partial charge on any atom is -0.471 e. The van der Waals surface area contributed by atoms with Crippen LogP contribution < -0.4 is 5.63 Å². The molecular weight excluding hydrogens is 334 g/mol. The van der Waals surface area contributed by atoms with Crippen LogP contribution in [0.25, 0.3) is 21.9 Å². The van der Waals surface area contributed by atoms with Crippen molar-refractivity contribution in [3.8, 4) is 11.8 Å². The summed E-state index contributed by atoms with van der Waals surface area (Å²) >= 11 is 0. The van der Waals surface area contributed by atoms with Crippen molar-refractivity contribution in [1.82, 2.24) is 0 Å². The van der Waals surface area contributed by atoms with E-state index in [0.29, 0.717) is 30.6 Å². The summed E-state index contributed by atoms with van der Waals surface area (Å²) < 4.78 is 15.7. The predicted octanol–water partition coefficient (Wildman–Crippen LogP) is 2.89. The van der Waals surface area contributed by atoms with Gasteiger partial charge >= 0.3 is 11.6 Å². The van der Waals surface area contributed by atoms with Crippen molar-refractivity contribution in [3.05, 3.63) is 62.4 Å². The smallest absolute Gasteiger partial charge is 0.342 e. The Bertz CT molecular complexity index is 1060. The molecule has 1 aliphatic heterocycles. The lowest BCUT2D eigenvalue weighted by Crippen LogP contribution is -2.08. The zero-order valence-electron chi connectivity index (χ0n) is 14.1. The van der Waals surface area contributed by atoms with E-state index in [1.807, 2.05) is 6.07 Å². The summed E-state index contributed by atoms with van der Waals surface area (Å²) in [6, 6.07) is 5.13. The van der Waals surface area contributed by atoms with E-state index in [1.54, 1.807) is 19.1 Å². The Morgan fingerprint density at radius 1 is 1.42 bits per heavy atom. The zero-order chi connectivity index (χ0) is 18.5. The molecule has 0 aliphatic carbocycles. The van der Waals surface area contributed by atoms with Gasteiger partial charge in [-0.05, 0) is 36.8 Å². The van der Waals surface area contributed by atoms with E-state index in [9.17, 15) is 9.59 Å². The van der Waals surface area contributed by atoms with Crippen molar-refractivity contribution in [2.45, 2.75) is 20.0 Å². The third-order valence-electron chi connectivity index (χ3n) is 3.73. The summed E-state index contributed by atoms with van der Waals surface area (Å²) in [4.78, 5) is 27.1. The molecule has 0 saturated carbocycles. The lowest BCUT2D eigenvalue weighted by atomic mass is 10.0. The average molecular weight is 349 g/mol. The normalized spacial score (nSPS) is 13.6. The molecule has 0 amide bonds. The van der Waals surface area contributed by atoms with E-state index < -0.39 is 11.6 Å². The summed E-state index contributed by atoms with van der Waals surface area (Å²) in [6.45, 7) is 9.88. The van der Waals surface area contributed by atoms with Gasteiger partial charge in [0.05, 0.1) is 32.0 Å². The number of benzene rings is 1. The average Bonchev–Trinajstić information content (AvgIpc) is 2.60. The largest absolute Gasteiger partial charge is 0.471 e. The monoisotopic (exact) mass is 349 g/mol. The Morgan fingerprint density at radius 3 is 3.04 bits per heavy atom. The summed E-state index contributed by atoms with van der Waals surface area (Å²) in [5.41, 5.74) is 1.23. The Kier molecular flexibility index (Phi) is 5.17. The summed E-state index contributed by atoms with van der Waals surface area (Å²) in [7, 11) is 0. The lowest BCUT2D eigenvalue weighted by molar-refractivity contribution is -0.138. The second kappa shape index (κ2) is 7.69. The van der Waals surface area contributed by atoms with Crippen LogP contribution in [0.15, 0.2) is 33.1 Å². The standard InChI is InChI=1S/C20H15NO5/c1-3-25-20(23)17(21-2)10-15-8-14-9-16-12-24-7-5-4-6-13(16)11-18(14)26-19(15)22/h8-11H,3,5,7,12H2,1H3/b17-10+. The van der Waals surface area contributed by atoms with Crippen LogP contribution in [0.5, 0.6) is 0 Å². The molecule has 0 N–H and O–H groups in total. The maximum absolute atomic E-state index is 12.2. The summed E-state index contributed by atoms with van der Waals surface area (Å²) in [6.07, 6.45) is 1.84. The second-order valence-corrected chi connectivity index (χ2v) is 5.50. The van der Waals surface area contributed by atoms with Crippen LogP contribution in [-0.2, 0) is 20.9 Å². The van der Waals surface area contributed by atoms with Crippen molar-refractivity contribution < 1.29 is 18.7 Å². The Hall–Kier alpha value is -3.35. The second-order valence-electron chi connectivity index (χ2n) is 5.50. The van der Waals surface area contributed by atoms with Gasteiger partial charge in [-0.25, -0.2) is 9.64 Å².